The quantitative estimate of drug-likeness (QED) is 0.881. The van der Waals surface area contributed by atoms with Gasteiger partial charge in [-0.3, -0.25) is 0 Å². The van der Waals surface area contributed by atoms with Crippen LogP contribution in [0.1, 0.15) is 15.3 Å². The van der Waals surface area contributed by atoms with Crippen molar-refractivity contribution in [2.75, 3.05) is 0 Å². The SMILES string of the molecule is Cc1csc(CN)c1S(=O)(=O)NCc1ccc(Cl)s1. The molecule has 0 unspecified atom stereocenters. The van der Waals surface area contributed by atoms with Crippen LogP contribution in [0, 0.1) is 6.92 Å². The van der Waals surface area contributed by atoms with Crippen molar-refractivity contribution >= 4 is 44.3 Å². The van der Waals surface area contributed by atoms with E-state index in [4.69, 9.17) is 17.3 Å². The Morgan fingerprint density at radius 3 is 2.74 bits per heavy atom. The molecule has 0 radical (unpaired) electrons. The number of nitrogens with one attached hydrogen (secondary N) is 1. The van der Waals surface area contributed by atoms with Crippen molar-refractivity contribution in [2.45, 2.75) is 24.9 Å². The third kappa shape index (κ3) is 3.36. The molecule has 4 nitrogen and oxygen atoms in total. The fourth-order valence-corrected chi connectivity index (χ4v) is 5.50. The summed E-state index contributed by atoms with van der Waals surface area (Å²) in [4.78, 5) is 1.85. The topological polar surface area (TPSA) is 72.2 Å². The first-order chi connectivity index (χ1) is 8.94. The first-order valence-electron chi connectivity index (χ1n) is 5.45. The van der Waals surface area contributed by atoms with Gasteiger partial charge in [-0.05, 0) is 30.0 Å². The van der Waals surface area contributed by atoms with Crippen LogP contribution in [0.15, 0.2) is 22.4 Å². The van der Waals surface area contributed by atoms with Crippen LogP contribution in [0.2, 0.25) is 4.34 Å². The van der Waals surface area contributed by atoms with E-state index in [1.165, 1.54) is 22.7 Å². The van der Waals surface area contributed by atoms with Gasteiger partial charge in [0.2, 0.25) is 10.0 Å². The van der Waals surface area contributed by atoms with Gasteiger partial charge in [0.25, 0.3) is 0 Å². The van der Waals surface area contributed by atoms with Crippen molar-refractivity contribution in [2.24, 2.45) is 5.73 Å². The van der Waals surface area contributed by atoms with Gasteiger partial charge in [0.1, 0.15) is 4.90 Å². The minimum absolute atomic E-state index is 0.222. The van der Waals surface area contributed by atoms with E-state index in [2.05, 4.69) is 4.72 Å². The minimum atomic E-state index is -3.54. The van der Waals surface area contributed by atoms with Gasteiger partial charge < -0.3 is 5.73 Å². The molecule has 0 atom stereocenters. The highest BCUT2D eigenvalue weighted by Crippen LogP contribution is 2.27. The van der Waals surface area contributed by atoms with E-state index in [0.717, 1.165) is 10.4 Å². The molecule has 2 heterocycles. The molecule has 0 spiro atoms. The molecule has 0 fully saturated rings. The molecule has 2 rings (SSSR count). The van der Waals surface area contributed by atoms with E-state index in [0.29, 0.717) is 14.1 Å². The smallest absolute Gasteiger partial charge is 0.242 e. The van der Waals surface area contributed by atoms with Crippen molar-refractivity contribution in [1.82, 2.24) is 4.72 Å². The molecule has 104 valence electrons. The van der Waals surface area contributed by atoms with Crippen LogP contribution < -0.4 is 10.5 Å². The zero-order valence-corrected chi connectivity index (χ0v) is 13.3. The van der Waals surface area contributed by atoms with E-state index in [9.17, 15) is 8.42 Å². The third-order valence-electron chi connectivity index (χ3n) is 2.51. The van der Waals surface area contributed by atoms with Crippen molar-refractivity contribution in [3.63, 3.8) is 0 Å². The van der Waals surface area contributed by atoms with Crippen LogP contribution in [-0.4, -0.2) is 8.42 Å². The van der Waals surface area contributed by atoms with Crippen molar-refractivity contribution in [1.29, 1.82) is 0 Å². The molecule has 0 saturated carbocycles. The van der Waals surface area contributed by atoms with E-state index >= 15 is 0 Å². The van der Waals surface area contributed by atoms with Gasteiger partial charge in [-0.1, -0.05) is 11.6 Å². The van der Waals surface area contributed by atoms with Gasteiger partial charge in [0.15, 0.2) is 0 Å². The summed E-state index contributed by atoms with van der Waals surface area (Å²) in [6, 6.07) is 3.55. The lowest BCUT2D eigenvalue weighted by Crippen LogP contribution is -2.24. The first-order valence-corrected chi connectivity index (χ1v) is 9.00. The zero-order valence-electron chi connectivity index (χ0n) is 10.1. The van der Waals surface area contributed by atoms with E-state index in [-0.39, 0.29) is 13.1 Å². The summed E-state index contributed by atoms with van der Waals surface area (Å²) in [5.74, 6) is 0. The number of aryl methyl sites for hydroxylation is 1. The van der Waals surface area contributed by atoms with E-state index in [1.807, 2.05) is 0 Å². The molecule has 19 heavy (non-hydrogen) atoms. The second-order valence-electron chi connectivity index (χ2n) is 3.91. The van der Waals surface area contributed by atoms with Crippen molar-refractivity contribution < 1.29 is 8.42 Å². The summed E-state index contributed by atoms with van der Waals surface area (Å²) in [7, 11) is -3.54. The van der Waals surface area contributed by atoms with Crippen LogP contribution in [0.3, 0.4) is 0 Å². The summed E-state index contributed by atoms with van der Waals surface area (Å²) in [5.41, 5.74) is 6.30. The highest BCUT2D eigenvalue weighted by atomic mass is 35.5. The Morgan fingerprint density at radius 1 is 1.42 bits per heavy atom. The lowest BCUT2D eigenvalue weighted by atomic mass is 10.3. The molecule has 0 saturated heterocycles. The zero-order chi connectivity index (χ0) is 14.0. The molecule has 0 aliphatic rings. The Hall–Kier alpha value is -0.440. The third-order valence-corrected chi connectivity index (χ3v) is 6.63. The van der Waals surface area contributed by atoms with Gasteiger partial charge in [0, 0.05) is 22.8 Å². The van der Waals surface area contributed by atoms with Crippen LogP contribution in [0.4, 0.5) is 0 Å². The van der Waals surface area contributed by atoms with Crippen LogP contribution in [0.5, 0.6) is 0 Å². The molecule has 0 aliphatic heterocycles. The predicted octanol–water partition coefficient (Wildman–Crippen LogP) is 2.71. The van der Waals surface area contributed by atoms with Gasteiger partial charge in [-0.15, -0.1) is 22.7 Å². The van der Waals surface area contributed by atoms with Gasteiger partial charge in [-0.25, -0.2) is 13.1 Å². The number of rotatable bonds is 5. The molecule has 0 amide bonds. The number of sulfonamides is 1. The highest BCUT2D eigenvalue weighted by Gasteiger charge is 2.22. The Labute approximate surface area is 125 Å². The molecule has 3 N–H and O–H groups in total. The van der Waals surface area contributed by atoms with Gasteiger partial charge in [0.05, 0.1) is 4.34 Å². The summed E-state index contributed by atoms with van der Waals surface area (Å²) in [6.07, 6.45) is 0. The standard InChI is InChI=1S/C11H13ClN2O2S3/c1-7-6-17-9(4-13)11(7)19(15,16)14-5-8-2-3-10(12)18-8/h2-3,6,14H,4-5,13H2,1H3. The summed E-state index contributed by atoms with van der Waals surface area (Å²) >= 11 is 8.53. The second kappa shape index (κ2) is 5.90. The van der Waals surface area contributed by atoms with Crippen LogP contribution in [-0.2, 0) is 23.1 Å². The molecule has 8 heteroatoms. The maximum Gasteiger partial charge on any atom is 0.242 e. The lowest BCUT2D eigenvalue weighted by molar-refractivity contribution is 0.580. The van der Waals surface area contributed by atoms with Crippen molar-refractivity contribution in [3.8, 4) is 0 Å². The van der Waals surface area contributed by atoms with Gasteiger partial charge in [-0.2, -0.15) is 0 Å². The molecule has 2 aromatic heterocycles. The first kappa shape index (κ1) is 15.0. The van der Waals surface area contributed by atoms with Crippen LogP contribution >= 0.6 is 34.3 Å². The highest BCUT2D eigenvalue weighted by molar-refractivity contribution is 7.89. The number of hydrogen-bond donors (Lipinski definition) is 2. The monoisotopic (exact) mass is 336 g/mol. The number of halogens is 1. The molecule has 0 aromatic carbocycles. The second-order valence-corrected chi connectivity index (χ2v) is 8.37. The molecular formula is C11H13ClN2O2S3. The summed E-state index contributed by atoms with van der Waals surface area (Å²) < 4.78 is 27.8. The lowest BCUT2D eigenvalue weighted by Gasteiger charge is -2.07. The van der Waals surface area contributed by atoms with Gasteiger partial charge >= 0.3 is 0 Å². The average Bonchev–Trinajstić information content (AvgIpc) is 2.93. The maximum absolute atomic E-state index is 12.3. The normalized spacial score (nSPS) is 11.9. The Balaban J connectivity index is 2.20. The average molecular weight is 337 g/mol. The maximum atomic E-state index is 12.3. The number of thiophene rings is 2. The summed E-state index contributed by atoms with van der Waals surface area (Å²) in [5, 5.41) is 1.80. The fourth-order valence-electron chi connectivity index (χ4n) is 1.67. The van der Waals surface area contributed by atoms with Crippen molar-refractivity contribution in [3.05, 3.63) is 37.2 Å². The molecule has 0 aliphatic carbocycles. The Bertz CT molecular complexity index is 676. The summed E-state index contributed by atoms with van der Waals surface area (Å²) in [6.45, 7) is 2.23. The number of hydrogen-bond acceptors (Lipinski definition) is 5. The van der Waals surface area contributed by atoms with E-state index in [1.54, 1.807) is 24.4 Å². The largest absolute Gasteiger partial charge is 0.326 e. The molecule has 2 aromatic rings. The predicted molar refractivity (Wildman–Crippen MR) is 80.3 cm³/mol. The van der Waals surface area contributed by atoms with E-state index < -0.39 is 10.0 Å². The number of nitrogens with two attached hydrogens (primary N) is 1. The molecular weight excluding hydrogens is 324 g/mol. The Kier molecular flexibility index (Phi) is 4.65. The van der Waals surface area contributed by atoms with Crippen LogP contribution in [0.25, 0.3) is 0 Å². The fraction of sp³-hybridized carbons (Fsp3) is 0.273. The Morgan fingerprint density at radius 2 is 2.16 bits per heavy atom. The molecule has 0 bridgehead atoms. The minimum Gasteiger partial charge on any atom is -0.326 e.